The van der Waals surface area contributed by atoms with Crippen LogP contribution in [0.1, 0.15) is 32.0 Å². The molecule has 5 aromatic rings. The van der Waals surface area contributed by atoms with Gasteiger partial charge >= 0.3 is 5.97 Å². The van der Waals surface area contributed by atoms with Crippen LogP contribution in [0, 0.1) is 6.92 Å². The Morgan fingerprint density at radius 2 is 1.66 bits per heavy atom. The van der Waals surface area contributed by atoms with E-state index in [0.717, 1.165) is 21.9 Å². The summed E-state index contributed by atoms with van der Waals surface area (Å²) in [4.78, 5) is 30.7. The van der Waals surface area contributed by atoms with Crippen LogP contribution in [0.5, 0.6) is 0 Å². The molecule has 0 aliphatic carbocycles. The largest absolute Gasteiger partial charge is 0.465 e. The van der Waals surface area contributed by atoms with E-state index < -0.39 is 5.97 Å². The molecule has 3 aromatic carbocycles. The van der Waals surface area contributed by atoms with Gasteiger partial charge in [-0.1, -0.05) is 66.2 Å². The first-order valence-electron chi connectivity index (χ1n) is 10.3. The van der Waals surface area contributed by atoms with Crippen molar-refractivity contribution in [3.05, 3.63) is 108 Å². The van der Waals surface area contributed by atoms with Gasteiger partial charge < -0.3 is 4.74 Å². The molecule has 0 aliphatic rings. The Hall–Kier alpha value is -4.25. The lowest BCUT2D eigenvalue weighted by Crippen LogP contribution is -2.06. The highest BCUT2D eigenvalue weighted by Crippen LogP contribution is 2.27. The van der Waals surface area contributed by atoms with Crippen LogP contribution < -0.4 is 0 Å². The lowest BCUT2D eigenvalue weighted by atomic mass is 10.00. The number of ketones is 1. The number of carbonyl (C=O) groups is 2. The van der Waals surface area contributed by atoms with E-state index in [0.29, 0.717) is 28.0 Å². The van der Waals surface area contributed by atoms with Crippen molar-refractivity contribution in [1.82, 2.24) is 9.38 Å². The van der Waals surface area contributed by atoms with E-state index >= 15 is 0 Å². The summed E-state index contributed by atoms with van der Waals surface area (Å²) in [7, 11) is 1.33. The Morgan fingerprint density at radius 1 is 0.875 bits per heavy atom. The second-order valence-electron chi connectivity index (χ2n) is 7.69. The van der Waals surface area contributed by atoms with Gasteiger partial charge in [0.2, 0.25) is 5.78 Å². The van der Waals surface area contributed by atoms with Crippen LogP contribution in [0.4, 0.5) is 0 Å². The Bertz CT molecular complexity index is 1510. The number of benzene rings is 3. The number of hydrogen-bond acceptors (Lipinski definition) is 4. The molecule has 0 spiro atoms. The van der Waals surface area contributed by atoms with Crippen molar-refractivity contribution in [1.29, 1.82) is 0 Å². The number of ether oxygens (including phenoxy) is 1. The summed E-state index contributed by atoms with van der Waals surface area (Å²) < 4.78 is 6.66. The van der Waals surface area contributed by atoms with Gasteiger partial charge in [0, 0.05) is 11.1 Å². The van der Waals surface area contributed by atoms with E-state index in [2.05, 4.69) is 4.98 Å². The van der Waals surface area contributed by atoms with Crippen molar-refractivity contribution in [2.75, 3.05) is 7.11 Å². The predicted molar refractivity (Wildman–Crippen MR) is 124 cm³/mol. The topological polar surface area (TPSA) is 60.7 Å². The third-order valence-electron chi connectivity index (χ3n) is 5.65. The fraction of sp³-hybridized carbons (Fsp3) is 0.0741. The molecular weight excluding hydrogens is 400 g/mol. The Morgan fingerprint density at radius 3 is 2.47 bits per heavy atom. The average molecular weight is 420 g/mol. The van der Waals surface area contributed by atoms with Crippen molar-refractivity contribution in [2.45, 2.75) is 6.92 Å². The average Bonchev–Trinajstić information content (AvgIpc) is 3.21. The molecule has 0 unspecified atom stereocenters. The minimum atomic E-state index is -0.499. The molecular formula is C27H20N2O3. The highest BCUT2D eigenvalue weighted by molar-refractivity contribution is 6.17. The molecule has 5 nitrogen and oxygen atoms in total. The second-order valence-corrected chi connectivity index (χ2v) is 7.69. The molecule has 0 saturated heterocycles. The first-order valence-corrected chi connectivity index (χ1v) is 10.3. The lowest BCUT2D eigenvalue weighted by molar-refractivity contribution is 0.0603. The van der Waals surface area contributed by atoms with Gasteiger partial charge in [0.25, 0.3) is 0 Å². The Balaban J connectivity index is 1.71. The van der Waals surface area contributed by atoms with Gasteiger partial charge in [-0.2, -0.15) is 0 Å². The second kappa shape index (κ2) is 7.78. The number of hydrogen-bond donors (Lipinski definition) is 0. The third-order valence-corrected chi connectivity index (χ3v) is 5.65. The number of aryl methyl sites for hydroxylation is 1. The van der Waals surface area contributed by atoms with E-state index in [4.69, 9.17) is 4.74 Å². The molecule has 2 heterocycles. The van der Waals surface area contributed by atoms with Crippen molar-refractivity contribution in [3.8, 4) is 11.3 Å². The van der Waals surface area contributed by atoms with Crippen LogP contribution in [-0.4, -0.2) is 28.2 Å². The number of aromatic nitrogens is 2. The number of methoxy groups -OCH3 is 1. The standard InChI is InChI=1S/C27H20N2O3/c1-17-7-5-10-19(13-17)23-15-24-22(27(31)32-2)14-25(29(24)16-28-23)26(30)21-12-6-9-18-8-3-4-11-20(18)21/h3-16H,1-2H3. The zero-order chi connectivity index (χ0) is 22.2. The van der Waals surface area contributed by atoms with E-state index in [1.165, 1.54) is 7.11 Å². The summed E-state index contributed by atoms with van der Waals surface area (Å²) in [5, 5.41) is 1.84. The van der Waals surface area contributed by atoms with E-state index in [1.807, 2.05) is 73.7 Å². The molecule has 5 rings (SSSR count). The monoisotopic (exact) mass is 420 g/mol. The van der Waals surface area contributed by atoms with E-state index in [-0.39, 0.29) is 5.78 Å². The molecule has 0 aliphatic heterocycles. The summed E-state index contributed by atoms with van der Waals surface area (Å²) in [5.74, 6) is -0.682. The van der Waals surface area contributed by atoms with Gasteiger partial charge in [-0.05, 0) is 35.9 Å². The number of esters is 1. The fourth-order valence-corrected chi connectivity index (χ4v) is 4.07. The fourth-order valence-electron chi connectivity index (χ4n) is 4.07. The highest BCUT2D eigenvalue weighted by atomic mass is 16.5. The minimum absolute atomic E-state index is 0.183. The first-order chi connectivity index (χ1) is 15.6. The Labute approximate surface area is 184 Å². The normalized spacial score (nSPS) is 11.1. The molecule has 5 heteroatoms. The third kappa shape index (κ3) is 3.24. The molecule has 0 saturated carbocycles. The summed E-state index contributed by atoms with van der Waals surface area (Å²) in [6.07, 6.45) is 1.60. The summed E-state index contributed by atoms with van der Waals surface area (Å²) in [6.45, 7) is 2.01. The number of carbonyl (C=O) groups excluding carboxylic acids is 2. The SMILES string of the molecule is COC(=O)c1cc(C(=O)c2cccc3ccccc23)n2cnc(-c3cccc(C)c3)cc12. The zero-order valence-electron chi connectivity index (χ0n) is 17.7. The van der Waals surface area contributed by atoms with Crippen LogP contribution in [0.2, 0.25) is 0 Å². The van der Waals surface area contributed by atoms with Crippen LogP contribution in [0.25, 0.3) is 27.5 Å². The quantitative estimate of drug-likeness (QED) is 0.285. The molecule has 0 radical (unpaired) electrons. The molecule has 2 aromatic heterocycles. The van der Waals surface area contributed by atoms with Crippen LogP contribution in [0.3, 0.4) is 0 Å². The van der Waals surface area contributed by atoms with E-state index in [1.54, 1.807) is 22.9 Å². The molecule has 156 valence electrons. The number of rotatable bonds is 4. The van der Waals surface area contributed by atoms with Gasteiger partial charge in [-0.25, -0.2) is 9.78 Å². The molecule has 0 fully saturated rings. The molecule has 32 heavy (non-hydrogen) atoms. The molecule has 0 bridgehead atoms. The zero-order valence-corrected chi connectivity index (χ0v) is 17.7. The first kappa shape index (κ1) is 19.7. The summed E-state index contributed by atoms with van der Waals surface area (Å²) in [5.41, 5.74) is 4.60. The van der Waals surface area contributed by atoms with Gasteiger partial charge in [-0.3, -0.25) is 9.20 Å². The van der Waals surface area contributed by atoms with Crippen molar-refractivity contribution in [2.24, 2.45) is 0 Å². The van der Waals surface area contributed by atoms with Gasteiger partial charge in [0.15, 0.2) is 0 Å². The lowest BCUT2D eigenvalue weighted by Gasteiger charge is -2.08. The molecule has 0 amide bonds. The van der Waals surface area contributed by atoms with Crippen LogP contribution in [-0.2, 0) is 4.74 Å². The number of fused-ring (bicyclic) bond motifs is 2. The maximum atomic E-state index is 13.6. The summed E-state index contributed by atoms with van der Waals surface area (Å²) in [6, 6.07) is 24.8. The maximum Gasteiger partial charge on any atom is 0.340 e. The van der Waals surface area contributed by atoms with E-state index in [9.17, 15) is 9.59 Å². The smallest absolute Gasteiger partial charge is 0.340 e. The van der Waals surface area contributed by atoms with Gasteiger partial charge in [-0.15, -0.1) is 0 Å². The Kier molecular flexibility index (Phi) is 4.79. The predicted octanol–water partition coefficient (Wildman–Crippen LogP) is 5.48. The van der Waals surface area contributed by atoms with Gasteiger partial charge in [0.1, 0.15) is 6.33 Å². The molecule has 0 N–H and O–H groups in total. The van der Waals surface area contributed by atoms with Crippen molar-refractivity contribution >= 4 is 28.0 Å². The number of nitrogens with zero attached hydrogens (tertiary/aromatic N) is 2. The summed E-state index contributed by atoms with van der Waals surface area (Å²) >= 11 is 0. The van der Waals surface area contributed by atoms with Gasteiger partial charge in [0.05, 0.1) is 29.6 Å². The minimum Gasteiger partial charge on any atom is -0.465 e. The van der Waals surface area contributed by atoms with Crippen LogP contribution >= 0.6 is 0 Å². The van der Waals surface area contributed by atoms with Crippen molar-refractivity contribution in [3.63, 3.8) is 0 Å². The molecule has 0 atom stereocenters. The maximum absolute atomic E-state index is 13.6. The highest BCUT2D eigenvalue weighted by Gasteiger charge is 2.23. The van der Waals surface area contributed by atoms with Crippen LogP contribution in [0.15, 0.2) is 85.2 Å². The van der Waals surface area contributed by atoms with Crippen molar-refractivity contribution < 1.29 is 14.3 Å².